The summed E-state index contributed by atoms with van der Waals surface area (Å²) in [5.74, 6) is -0.132. The van der Waals surface area contributed by atoms with Gasteiger partial charge in [-0.3, -0.25) is 4.79 Å². The van der Waals surface area contributed by atoms with E-state index in [1.165, 1.54) is 0 Å². The maximum atomic E-state index is 11.9. The lowest BCUT2D eigenvalue weighted by Crippen LogP contribution is -2.28. The Labute approximate surface area is 121 Å². The first-order valence-corrected chi connectivity index (χ1v) is 6.70. The monoisotopic (exact) mass is 330 g/mol. The summed E-state index contributed by atoms with van der Waals surface area (Å²) in [5, 5.41) is 2.85. The zero-order valence-corrected chi connectivity index (χ0v) is 12.7. The number of nitrogens with two attached hydrogens (primary N) is 1. The fourth-order valence-corrected chi connectivity index (χ4v) is 2.12. The standard InChI is InChI=1S/C13H19BrN2O3/c1-18-8-10-11(14)4-3-5-12(10)16-13(17)6-9(7-15)19-2/h3-5,9H,6-8,15H2,1-2H3,(H,16,17). The molecule has 0 aromatic heterocycles. The first kappa shape index (κ1) is 16.1. The van der Waals surface area contributed by atoms with E-state index in [9.17, 15) is 4.79 Å². The zero-order chi connectivity index (χ0) is 14.3. The zero-order valence-electron chi connectivity index (χ0n) is 11.1. The summed E-state index contributed by atoms with van der Waals surface area (Å²) in [7, 11) is 3.15. The van der Waals surface area contributed by atoms with Crippen molar-refractivity contribution in [3.05, 3.63) is 28.2 Å². The molecular weight excluding hydrogens is 312 g/mol. The van der Waals surface area contributed by atoms with Crippen molar-refractivity contribution in [1.82, 2.24) is 0 Å². The van der Waals surface area contributed by atoms with Crippen LogP contribution in [0.5, 0.6) is 0 Å². The maximum absolute atomic E-state index is 11.9. The van der Waals surface area contributed by atoms with Crippen LogP contribution in [0, 0.1) is 0 Å². The van der Waals surface area contributed by atoms with Gasteiger partial charge >= 0.3 is 0 Å². The molecule has 0 aliphatic heterocycles. The smallest absolute Gasteiger partial charge is 0.227 e. The molecule has 0 radical (unpaired) electrons. The van der Waals surface area contributed by atoms with Gasteiger partial charge in [-0.1, -0.05) is 22.0 Å². The molecule has 5 nitrogen and oxygen atoms in total. The maximum Gasteiger partial charge on any atom is 0.227 e. The van der Waals surface area contributed by atoms with Gasteiger partial charge in [0, 0.05) is 36.5 Å². The van der Waals surface area contributed by atoms with Gasteiger partial charge < -0.3 is 20.5 Å². The van der Waals surface area contributed by atoms with Crippen LogP contribution in [0.1, 0.15) is 12.0 Å². The number of halogens is 1. The fourth-order valence-electron chi connectivity index (χ4n) is 1.64. The Morgan fingerprint density at radius 2 is 2.21 bits per heavy atom. The molecule has 0 fully saturated rings. The molecule has 1 amide bonds. The fraction of sp³-hybridized carbons (Fsp3) is 0.462. The van der Waals surface area contributed by atoms with E-state index >= 15 is 0 Å². The van der Waals surface area contributed by atoms with E-state index in [2.05, 4.69) is 21.2 Å². The molecule has 1 rings (SSSR count). The summed E-state index contributed by atoms with van der Waals surface area (Å²) in [6, 6.07) is 5.60. The highest BCUT2D eigenvalue weighted by molar-refractivity contribution is 9.10. The molecule has 1 aromatic carbocycles. The van der Waals surface area contributed by atoms with Crippen molar-refractivity contribution in [3.8, 4) is 0 Å². The van der Waals surface area contributed by atoms with Crippen molar-refractivity contribution in [2.75, 3.05) is 26.1 Å². The van der Waals surface area contributed by atoms with E-state index in [1.807, 2.05) is 18.2 Å². The highest BCUT2D eigenvalue weighted by atomic mass is 79.9. The number of benzene rings is 1. The van der Waals surface area contributed by atoms with Gasteiger partial charge in [-0.15, -0.1) is 0 Å². The average molecular weight is 331 g/mol. The van der Waals surface area contributed by atoms with Crippen LogP contribution in [-0.2, 0) is 20.9 Å². The largest absolute Gasteiger partial charge is 0.380 e. The van der Waals surface area contributed by atoms with Gasteiger partial charge in [0.2, 0.25) is 5.91 Å². The Morgan fingerprint density at radius 3 is 2.79 bits per heavy atom. The van der Waals surface area contributed by atoms with Crippen molar-refractivity contribution >= 4 is 27.5 Å². The molecule has 19 heavy (non-hydrogen) atoms. The van der Waals surface area contributed by atoms with Crippen LogP contribution in [0.15, 0.2) is 22.7 Å². The van der Waals surface area contributed by atoms with Gasteiger partial charge in [-0.25, -0.2) is 0 Å². The number of methoxy groups -OCH3 is 2. The summed E-state index contributed by atoms with van der Waals surface area (Å²) in [6.45, 7) is 0.731. The lowest BCUT2D eigenvalue weighted by Gasteiger charge is -2.15. The molecule has 0 spiro atoms. The van der Waals surface area contributed by atoms with Crippen molar-refractivity contribution in [2.24, 2.45) is 5.73 Å². The minimum absolute atomic E-state index is 0.132. The normalized spacial score (nSPS) is 12.2. The van der Waals surface area contributed by atoms with Crippen LogP contribution < -0.4 is 11.1 Å². The molecule has 1 atom stereocenters. The highest BCUT2D eigenvalue weighted by Crippen LogP contribution is 2.25. The quantitative estimate of drug-likeness (QED) is 0.800. The Hall–Kier alpha value is -0.950. The van der Waals surface area contributed by atoms with Crippen molar-refractivity contribution in [1.29, 1.82) is 0 Å². The molecule has 6 heteroatoms. The van der Waals surface area contributed by atoms with E-state index in [-0.39, 0.29) is 18.4 Å². The van der Waals surface area contributed by atoms with E-state index in [0.717, 1.165) is 15.7 Å². The molecule has 0 bridgehead atoms. The van der Waals surface area contributed by atoms with Crippen molar-refractivity contribution in [2.45, 2.75) is 19.1 Å². The van der Waals surface area contributed by atoms with E-state index in [0.29, 0.717) is 13.2 Å². The summed E-state index contributed by atoms with van der Waals surface area (Å²) >= 11 is 3.44. The lowest BCUT2D eigenvalue weighted by molar-refractivity contribution is -0.118. The van der Waals surface area contributed by atoms with Crippen LogP contribution in [0.4, 0.5) is 5.69 Å². The molecular formula is C13H19BrN2O3. The third kappa shape index (κ3) is 4.91. The number of anilines is 1. The third-order valence-electron chi connectivity index (χ3n) is 2.69. The second-order valence-electron chi connectivity index (χ2n) is 4.04. The number of amides is 1. The number of hydrogen-bond acceptors (Lipinski definition) is 4. The van der Waals surface area contributed by atoms with Crippen LogP contribution in [0.3, 0.4) is 0 Å². The van der Waals surface area contributed by atoms with Crippen molar-refractivity contribution in [3.63, 3.8) is 0 Å². The van der Waals surface area contributed by atoms with Gasteiger partial charge in [0.15, 0.2) is 0 Å². The SMILES string of the molecule is COCc1c(Br)cccc1NC(=O)CC(CN)OC. The molecule has 1 unspecified atom stereocenters. The highest BCUT2D eigenvalue weighted by Gasteiger charge is 2.14. The van der Waals surface area contributed by atoms with E-state index < -0.39 is 0 Å². The van der Waals surface area contributed by atoms with Crippen LogP contribution in [0.25, 0.3) is 0 Å². The average Bonchev–Trinajstić information content (AvgIpc) is 2.40. The van der Waals surface area contributed by atoms with Crippen molar-refractivity contribution < 1.29 is 14.3 Å². The summed E-state index contributed by atoms with van der Waals surface area (Å²) < 4.78 is 11.1. The number of rotatable bonds is 7. The Bertz CT molecular complexity index is 422. The second-order valence-corrected chi connectivity index (χ2v) is 4.90. The predicted molar refractivity (Wildman–Crippen MR) is 78.0 cm³/mol. The minimum atomic E-state index is -0.266. The molecule has 1 aromatic rings. The molecule has 0 aliphatic rings. The van der Waals surface area contributed by atoms with Crippen LogP contribution in [0.2, 0.25) is 0 Å². The number of ether oxygens (including phenoxy) is 2. The van der Waals surface area contributed by atoms with E-state index in [1.54, 1.807) is 14.2 Å². The predicted octanol–water partition coefficient (Wildman–Crippen LogP) is 1.90. The lowest BCUT2D eigenvalue weighted by atomic mass is 10.1. The van der Waals surface area contributed by atoms with Gasteiger partial charge in [-0.2, -0.15) is 0 Å². The number of nitrogens with one attached hydrogen (secondary N) is 1. The number of carbonyl (C=O) groups excluding carboxylic acids is 1. The first-order chi connectivity index (χ1) is 9.12. The molecule has 0 saturated carbocycles. The number of carbonyl (C=O) groups is 1. The molecule has 3 N–H and O–H groups in total. The number of hydrogen-bond donors (Lipinski definition) is 2. The van der Waals surface area contributed by atoms with Crippen LogP contribution >= 0.6 is 15.9 Å². The molecule has 0 heterocycles. The first-order valence-electron chi connectivity index (χ1n) is 5.91. The minimum Gasteiger partial charge on any atom is -0.380 e. The molecule has 0 aliphatic carbocycles. The van der Waals surface area contributed by atoms with E-state index in [4.69, 9.17) is 15.2 Å². The summed E-state index contributed by atoms with van der Waals surface area (Å²) in [4.78, 5) is 11.9. The summed E-state index contributed by atoms with van der Waals surface area (Å²) in [6.07, 6.45) is -0.0376. The van der Waals surface area contributed by atoms with Crippen LogP contribution in [-0.4, -0.2) is 32.8 Å². The topological polar surface area (TPSA) is 73.6 Å². The van der Waals surface area contributed by atoms with Gasteiger partial charge in [0.05, 0.1) is 19.1 Å². The molecule has 0 saturated heterocycles. The van der Waals surface area contributed by atoms with Gasteiger partial charge in [0.1, 0.15) is 0 Å². The molecule has 106 valence electrons. The van der Waals surface area contributed by atoms with Gasteiger partial charge in [0.25, 0.3) is 0 Å². The third-order valence-corrected chi connectivity index (χ3v) is 3.43. The Balaban J connectivity index is 2.76. The summed E-state index contributed by atoms with van der Waals surface area (Å²) in [5.41, 5.74) is 7.13. The van der Waals surface area contributed by atoms with Gasteiger partial charge in [-0.05, 0) is 12.1 Å². The Morgan fingerprint density at radius 1 is 1.47 bits per heavy atom. The second kappa shape index (κ2) is 8.27. The Kier molecular flexibility index (Phi) is 7.01.